The summed E-state index contributed by atoms with van der Waals surface area (Å²) in [7, 11) is 0. The number of β-lactam (4-membered cyclic amide) rings is 1. The van der Waals surface area contributed by atoms with Crippen LogP contribution in [0.3, 0.4) is 0 Å². The lowest BCUT2D eigenvalue weighted by Crippen LogP contribution is -2.63. The highest BCUT2D eigenvalue weighted by molar-refractivity contribution is 8.03. The molecular formula is C15H22N2O5S. The minimum atomic E-state index is -1.09. The van der Waals surface area contributed by atoms with Crippen molar-refractivity contribution >= 4 is 23.6 Å². The number of nitrogens with zero attached hydrogens (tertiary/aromatic N) is 1. The predicted molar refractivity (Wildman–Crippen MR) is 84.4 cm³/mol. The quantitative estimate of drug-likeness (QED) is 0.602. The number of aliphatic hydroxyl groups is 1. The number of thioether (sulfide) groups is 1. The van der Waals surface area contributed by atoms with Gasteiger partial charge in [0.1, 0.15) is 5.70 Å². The summed E-state index contributed by atoms with van der Waals surface area (Å²) in [4.78, 5) is 26.0. The second-order valence-corrected chi connectivity index (χ2v) is 7.64. The number of nitrogens with two attached hydrogens (primary N) is 1. The second kappa shape index (κ2) is 6.08. The van der Waals surface area contributed by atoms with Crippen molar-refractivity contribution in [3.8, 4) is 0 Å². The van der Waals surface area contributed by atoms with Crippen molar-refractivity contribution in [1.82, 2.24) is 4.90 Å². The average Bonchev–Trinajstić information content (AvgIpc) is 3.01. The fraction of sp³-hybridized carbons (Fsp3) is 0.733. The zero-order chi connectivity index (χ0) is 16.9. The molecule has 3 aliphatic rings. The van der Waals surface area contributed by atoms with Gasteiger partial charge in [0, 0.05) is 29.2 Å². The van der Waals surface area contributed by atoms with Crippen LogP contribution in [0.1, 0.15) is 20.3 Å². The van der Waals surface area contributed by atoms with Crippen LogP contribution in [0.5, 0.6) is 0 Å². The molecule has 2 fully saturated rings. The molecule has 3 heterocycles. The van der Waals surface area contributed by atoms with Crippen molar-refractivity contribution in [2.75, 3.05) is 13.2 Å². The van der Waals surface area contributed by atoms with Gasteiger partial charge in [-0.15, -0.1) is 11.8 Å². The van der Waals surface area contributed by atoms with E-state index in [-0.39, 0.29) is 34.9 Å². The maximum absolute atomic E-state index is 12.3. The van der Waals surface area contributed by atoms with Crippen molar-refractivity contribution in [2.24, 2.45) is 17.6 Å². The van der Waals surface area contributed by atoms with Crippen molar-refractivity contribution < 1.29 is 24.5 Å². The Morgan fingerprint density at radius 3 is 2.83 bits per heavy atom. The van der Waals surface area contributed by atoms with Crippen molar-refractivity contribution in [3.05, 3.63) is 10.6 Å². The molecule has 23 heavy (non-hydrogen) atoms. The number of hydrogen-bond acceptors (Lipinski definition) is 6. The number of ether oxygens (including phenoxy) is 1. The third kappa shape index (κ3) is 2.48. The fourth-order valence-electron chi connectivity index (χ4n) is 3.83. The van der Waals surface area contributed by atoms with E-state index >= 15 is 0 Å². The van der Waals surface area contributed by atoms with Crippen LogP contribution in [0, 0.1) is 11.8 Å². The van der Waals surface area contributed by atoms with E-state index in [2.05, 4.69) is 0 Å². The molecule has 128 valence electrons. The van der Waals surface area contributed by atoms with Crippen LogP contribution >= 0.6 is 11.8 Å². The van der Waals surface area contributed by atoms with Crippen molar-refractivity contribution in [2.45, 2.75) is 43.8 Å². The normalized spacial score (nSPS) is 37.8. The topological polar surface area (TPSA) is 113 Å². The second-order valence-electron chi connectivity index (χ2n) is 6.36. The SMILES string of the molecule is CC1C(SC2CCOC2CN)=C(C(=O)O)N2C(=O)C([C@H](C)O)C12. The van der Waals surface area contributed by atoms with E-state index in [0.29, 0.717) is 18.1 Å². The van der Waals surface area contributed by atoms with Gasteiger partial charge in [-0.3, -0.25) is 4.79 Å². The Kier molecular flexibility index (Phi) is 4.43. The van der Waals surface area contributed by atoms with Gasteiger partial charge in [0.2, 0.25) is 5.91 Å². The summed E-state index contributed by atoms with van der Waals surface area (Å²) in [6, 6.07) is -0.269. The van der Waals surface area contributed by atoms with Gasteiger partial charge in [-0.25, -0.2) is 4.79 Å². The lowest BCUT2D eigenvalue weighted by atomic mass is 9.79. The third-order valence-electron chi connectivity index (χ3n) is 4.97. The zero-order valence-corrected chi connectivity index (χ0v) is 14.0. The third-order valence-corrected chi connectivity index (χ3v) is 6.63. The minimum absolute atomic E-state index is 0.0667. The lowest BCUT2D eigenvalue weighted by Gasteiger charge is -2.46. The van der Waals surface area contributed by atoms with Gasteiger partial charge in [0.25, 0.3) is 0 Å². The van der Waals surface area contributed by atoms with E-state index in [1.807, 2.05) is 6.92 Å². The molecule has 4 N–H and O–H groups in total. The average molecular weight is 342 g/mol. The molecule has 5 unspecified atom stereocenters. The van der Waals surface area contributed by atoms with Gasteiger partial charge in [0.05, 0.1) is 24.2 Å². The Labute approximate surface area is 138 Å². The summed E-state index contributed by atoms with van der Waals surface area (Å²) in [5, 5.41) is 19.5. The Hall–Kier alpha value is -1.09. The Bertz CT molecular complexity index is 564. The molecule has 0 aliphatic carbocycles. The van der Waals surface area contributed by atoms with Gasteiger partial charge in [-0.2, -0.15) is 0 Å². The number of fused-ring (bicyclic) bond motifs is 1. The maximum atomic E-state index is 12.3. The first-order chi connectivity index (χ1) is 10.9. The van der Waals surface area contributed by atoms with Gasteiger partial charge in [0.15, 0.2) is 0 Å². The van der Waals surface area contributed by atoms with Gasteiger partial charge in [-0.1, -0.05) is 6.92 Å². The molecule has 3 rings (SSSR count). The van der Waals surface area contributed by atoms with Crippen LogP contribution in [0.15, 0.2) is 10.6 Å². The first-order valence-electron chi connectivity index (χ1n) is 7.85. The molecule has 8 heteroatoms. The molecule has 2 saturated heterocycles. The first kappa shape index (κ1) is 16.8. The molecule has 0 bridgehead atoms. The van der Waals surface area contributed by atoms with E-state index < -0.39 is 18.0 Å². The summed E-state index contributed by atoms with van der Waals surface area (Å²) in [6.45, 7) is 4.51. The van der Waals surface area contributed by atoms with E-state index in [4.69, 9.17) is 10.5 Å². The van der Waals surface area contributed by atoms with Crippen LogP contribution in [-0.2, 0) is 14.3 Å². The van der Waals surface area contributed by atoms with Crippen LogP contribution in [0.2, 0.25) is 0 Å². The van der Waals surface area contributed by atoms with Crippen LogP contribution < -0.4 is 5.73 Å². The molecule has 7 nitrogen and oxygen atoms in total. The number of aliphatic carboxylic acids is 1. The van der Waals surface area contributed by atoms with E-state index in [1.165, 1.54) is 16.7 Å². The number of carboxylic acid groups (broad SMARTS) is 1. The predicted octanol–water partition coefficient (Wildman–Crippen LogP) is -0.0105. The molecule has 0 aromatic heterocycles. The molecule has 1 amide bonds. The maximum Gasteiger partial charge on any atom is 0.353 e. The highest BCUT2D eigenvalue weighted by Crippen LogP contribution is 2.52. The van der Waals surface area contributed by atoms with Gasteiger partial charge < -0.3 is 25.6 Å². The van der Waals surface area contributed by atoms with Gasteiger partial charge in [-0.05, 0) is 13.3 Å². The number of carbonyl (C=O) groups is 2. The molecule has 0 aromatic carbocycles. The standard InChI is InChI=1S/C15H22N2O5S/c1-6-11-10(7(2)18)14(19)17(11)12(15(20)21)13(6)23-9-3-4-22-8(9)5-16/h6-11,18H,3-5,16H2,1-2H3,(H,20,21)/t6?,7-,8?,9?,10?,11?/m0/s1. The first-order valence-corrected chi connectivity index (χ1v) is 8.73. The summed E-state index contributed by atoms with van der Waals surface area (Å²) in [5.74, 6) is -2.03. The van der Waals surface area contributed by atoms with E-state index in [0.717, 1.165) is 6.42 Å². The summed E-state index contributed by atoms with van der Waals surface area (Å²) in [6.07, 6.45) is -0.0582. The number of amides is 1. The molecule has 0 aromatic rings. The zero-order valence-electron chi connectivity index (χ0n) is 13.1. The Morgan fingerprint density at radius 2 is 2.26 bits per heavy atom. The van der Waals surface area contributed by atoms with E-state index in [1.54, 1.807) is 6.92 Å². The number of rotatable bonds is 5. The van der Waals surface area contributed by atoms with Crippen LogP contribution in [0.25, 0.3) is 0 Å². The highest BCUT2D eigenvalue weighted by atomic mass is 32.2. The highest BCUT2D eigenvalue weighted by Gasteiger charge is 2.60. The largest absolute Gasteiger partial charge is 0.477 e. The van der Waals surface area contributed by atoms with Crippen molar-refractivity contribution in [1.29, 1.82) is 0 Å². The molecule has 6 atom stereocenters. The van der Waals surface area contributed by atoms with Crippen LogP contribution in [0.4, 0.5) is 0 Å². The molecule has 3 aliphatic heterocycles. The summed E-state index contributed by atoms with van der Waals surface area (Å²) in [5.41, 5.74) is 5.78. The Balaban J connectivity index is 1.89. The smallest absolute Gasteiger partial charge is 0.353 e. The lowest BCUT2D eigenvalue weighted by molar-refractivity contribution is -0.163. The van der Waals surface area contributed by atoms with Crippen LogP contribution in [-0.4, -0.2) is 63.6 Å². The number of hydrogen-bond donors (Lipinski definition) is 3. The molecule has 0 radical (unpaired) electrons. The van der Waals surface area contributed by atoms with Crippen molar-refractivity contribution in [3.63, 3.8) is 0 Å². The fourth-order valence-corrected chi connectivity index (χ4v) is 5.36. The number of carboxylic acids is 1. The monoisotopic (exact) mass is 342 g/mol. The molecule has 0 spiro atoms. The summed E-state index contributed by atoms with van der Waals surface area (Å²) >= 11 is 1.47. The van der Waals surface area contributed by atoms with Gasteiger partial charge >= 0.3 is 5.97 Å². The molecular weight excluding hydrogens is 320 g/mol. The number of aliphatic hydroxyl groups excluding tert-OH is 1. The number of carbonyl (C=O) groups excluding carboxylic acids is 1. The van der Waals surface area contributed by atoms with E-state index in [9.17, 15) is 19.8 Å². The molecule has 0 saturated carbocycles. The minimum Gasteiger partial charge on any atom is -0.477 e. The Morgan fingerprint density at radius 1 is 1.57 bits per heavy atom. The summed E-state index contributed by atoms with van der Waals surface area (Å²) < 4.78 is 5.57.